The van der Waals surface area contributed by atoms with Crippen LogP contribution in [-0.2, 0) is 20.9 Å². The number of ether oxygens (including phenoxy) is 1. The number of non-ortho nitro benzene ring substituents is 1. The zero-order valence-electron chi connectivity index (χ0n) is 17.1. The number of fused-ring (bicyclic) bond motifs is 1. The van der Waals surface area contributed by atoms with Crippen LogP contribution in [-0.4, -0.2) is 50.3 Å². The number of benzene rings is 1. The SMILES string of the molecule is CC[C@H](O)[C@@H]1C(=O)N2C(C(=S)OCc3ccc([N+](=O)[O-])cc3)=C(CCC(=O)NC)S[C@H]12. The molecule has 2 aliphatic rings. The molecule has 2 N–H and O–H groups in total. The van der Waals surface area contributed by atoms with Gasteiger partial charge < -0.3 is 15.2 Å². The maximum Gasteiger partial charge on any atom is 0.269 e. The molecule has 11 heteroatoms. The Bertz CT molecular complexity index is 933. The number of nitrogens with zero attached hydrogens (tertiary/aromatic N) is 2. The molecule has 166 valence electrons. The van der Waals surface area contributed by atoms with Gasteiger partial charge in [-0.3, -0.25) is 24.6 Å². The minimum absolute atomic E-state index is 0.0211. The Kier molecular flexibility index (Phi) is 7.29. The van der Waals surface area contributed by atoms with E-state index in [4.69, 9.17) is 17.0 Å². The van der Waals surface area contributed by atoms with Crippen LogP contribution in [0.4, 0.5) is 5.69 Å². The Morgan fingerprint density at radius 1 is 1.42 bits per heavy atom. The molecule has 1 fully saturated rings. The van der Waals surface area contributed by atoms with E-state index in [9.17, 15) is 24.8 Å². The summed E-state index contributed by atoms with van der Waals surface area (Å²) >= 11 is 6.89. The highest BCUT2D eigenvalue weighted by atomic mass is 32.2. The minimum Gasteiger partial charge on any atom is -0.477 e. The van der Waals surface area contributed by atoms with Gasteiger partial charge in [-0.05, 0) is 42.8 Å². The summed E-state index contributed by atoms with van der Waals surface area (Å²) in [6.45, 7) is 1.90. The van der Waals surface area contributed by atoms with E-state index in [0.717, 1.165) is 4.91 Å². The topological polar surface area (TPSA) is 122 Å². The number of carbonyl (C=O) groups is 2. The molecule has 9 nitrogen and oxygen atoms in total. The van der Waals surface area contributed by atoms with Crippen LogP contribution < -0.4 is 5.32 Å². The summed E-state index contributed by atoms with van der Waals surface area (Å²) in [4.78, 5) is 37.1. The molecule has 2 aliphatic heterocycles. The first kappa shape index (κ1) is 23.2. The number of thiocarbonyl (C=S) groups is 1. The number of nitro groups is 1. The van der Waals surface area contributed by atoms with Crippen LogP contribution in [0.2, 0.25) is 0 Å². The van der Waals surface area contributed by atoms with Gasteiger partial charge >= 0.3 is 0 Å². The predicted octanol–water partition coefficient (Wildman–Crippen LogP) is 2.48. The van der Waals surface area contributed by atoms with Crippen molar-refractivity contribution >= 4 is 46.5 Å². The third kappa shape index (κ3) is 4.73. The molecule has 31 heavy (non-hydrogen) atoms. The van der Waals surface area contributed by atoms with E-state index in [1.807, 2.05) is 6.92 Å². The molecule has 0 aliphatic carbocycles. The number of carbonyl (C=O) groups excluding carboxylic acids is 2. The van der Waals surface area contributed by atoms with Crippen molar-refractivity contribution < 1.29 is 24.4 Å². The summed E-state index contributed by atoms with van der Waals surface area (Å²) in [5, 5.41) is 23.4. The molecule has 0 radical (unpaired) electrons. The normalized spacial score (nSPS) is 20.7. The van der Waals surface area contributed by atoms with Gasteiger partial charge in [-0.2, -0.15) is 0 Å². The monoisotopic (exact) mass is 465 g/mol. The molecule has 3 rings (SSSR count). The fourth-order valence-corrected chi connectivity index (χ4v) is 5.39. The van der Waals surface area contributed by atoms with Crippen LogP contribution in [0.5, 0.6) is 0 Å². The first-order chi connectivity index (χ1) is 14.8. The van der Waals surface area contributed by atoms with Crippen LogP contribution >= 0.6 is 24.0 Å². The van der Waals surface area contributed by atoms with Gasteiger partial charge in [0.25, 0.3) is 5.69 Å². The Morgan fingerprint density at radius 3 is 2.68 bits per heavy atom. The first-order valence-corrected chi connectivity index (χ1v) is 11.1. The standard InChI is InChI=1S/C20H23N3O6S2/c1-3-13(24)16-18(26)22-17(14(31-19(16)22)8-9-15(25)21-2)20(30)29-10-11-4-6-12(7-5-11)23(27)28/h4-7,13,16,19,24H,3,8-10H2,1-2H3,(H,21,25)/t13-,16+,19+/m0/s1. The van der Waals surface area contributed by atoms with Crippen molar-refractivity contribution in [2.24, 2.45) is 5.92 Å². The van der Waals surface area contributed by atoms with Gasteiger partial charge in [0, 0.05) is 30.5 Å². The molecule has 1 aromatic carbocycles. The highest BCUT2D eigenvalue weighted by Gasteiger charge is 2.57. The Hall–Kier alpha value is -2.50. The first-order valence-electron chi connectivity index (χ1n) is 9.80. The smallest absolute Gasteiger partial charge is 0.269 e. The third-order valence-electron chi connectivity index (χ3n) is 5.25. The lowest BCUT2D eigenvalue weighted by molar-refractivity contribution is -0.384. The number of rotatable bonds is 9. The predicted molar refractivity (Wildman–Crippen MR) is 119 cm³/mol. The number of amides is 2. The van der Waals surface area contributed by atoms with Crippen molar-refractivity contribution in [3.63, 3.8) is 0 Å². The van der Waals surface area contributed by atoms with E-state index in [0.29, 0.717) is 24.1 Å². The van der Waals surface area contributed by atoms with Crippen LogP contribution in [0.3, 0.4) is 0 Å². The highest BCUT2D eigenvalue weighted by molar-refractivity contribution is 8.04. The second kappa shape index (κ2) is 9.75. The number of nitro benzene ring substituents is 1. The summed E-state index contributed by atoms with van der Waals surface area (Å²) in [6.07, 6.45) is 0.361. The third-order valence-corrected chi connectivity index (χ3v) is 6.99. The molecule has 0 bridgehead atoms. The van der Waals surface area contributed by atoms with E-state index in [1.54, 1.807) is 24.1 Å². The molecule has 3 atom stereocenters. The summed E-state index contributed by atoms with van der Waals surface area (Å²) in [7, 11) is 1.56. The van der Waals surface area contributed by atoms with Crippen molar-refractivity contribution in [2.45, 2.75) is 44.3 Å². The van der Waals surface area contributed by atoms with E-state index in [2.05, 4.69) is 5.32 Å². The van der Waals surface area contributed by atoms with Crippen molar-refractivity contribution in [1.82, 2.24) is 10.2 Å². The van der Waals surface area contributed by atoms with Crippen molar-refractivity contribution in [2.75, 3.05) is 7.05 Å². The van der Waals surface area contributed by atoms with Crippen LogP contribution in [0, 0.1) is 16.0 Å². The fourth-order valence-electron chi connectivity index (χ4n) is 3.47. The largest absolute Gasteiger partial charge is 0.477 e. The van der Waals surface area contributed by atoms with Crippen LogP contribution in [0.15, 0.2) is 34.9 Å². The number of β-lactam (4-membered cyclic amide) rings is 1. The van der Waals surface area contributed by atoms with Crippen molar-refractivity contribution in [3.8, 4) is 0 Å². The van der Waals surface area contributed by atoms with E-state index >= 15 is 0 Å². The zero-order chi connectivity index (χ0) is 22.7. The average molecular weight is 466 g/mol. The Labute approximate surface area is 189 Å². The van der Waals surface area contributed by atoms with E-state index in [-0.39, 0.29) is 41.0 Å². The number of aliphatic hydroxyl groups is 1. The molecular formula is C20H23N3O6S2. The Morgan fingerprint density at radius 2 is 2.10 bits per heavy atom. The molecule has 0 spiro atoms. The Balaban J connectivity index is 1.74. The summed E-state index contributed by atoms with van der Waals surface area (Å²) in [5.74, 6) is -0.853. The van der Waals surface area contributed by atoms with Gasteiger partial charge in [0.2, 0.25) is 16.9 Å². The number of hydrogen-bond acceptors (Lipinski definition) is 8. The lowest BCUT2D eigenvalue weighted by atomic mass is 9.90. The lowest BCUT2D eigenvalue weighted by Gasteiger charge is -2.44. The van der Waals surface area contributed by atoms with Gasteiger partial charge in [0.05, 0.1) is 16.9 Å². The van der Waals surface area contributed by atoms with Gasteiger partial charge in [0.15, 0.2) is 0 Å². The fraction of sp³-hybridized carbons (Fsp3) is 0.450. The van der Waals surface area contributed by atoms with Crippen LogP contribution in [0.1, 0.15) is 31.7 Å². The molecular weight excluding hydrogens is 442 g/mol. The van der Waals surface area contributed by atoms with E-state index in [1.165, 1.54) is 23.9 Å². The molecule has 2 heterocycles. The summed E-state index contributed by atoms with van der Waals surface area (Å²) < 4.78 is 5.73. The number of allylic oxidation sites excluding steroid dienone is 1. The lowest BCUT2D eigenvalue weighted by Crippen LogP contribution is -2.61. The molecule has 0 saturated carbocycles. The van der Waals surface area contributed by atoms with Gasteiger partial charge in [-0.15, -0.1) is 11.8 Å². The molecule has 0 unspecified atom stereocenters. The number of nitrogens with one attached hydrogen (secondary N) is 1. The van der Waals surface area contributed by atoms with Crippen LogP contribution in [0.25, 0.3) is 0 Å². The molecule has 0 aromatic heterocycles. The summed E-state index contributed by atoms with van der Waals surface area (Å²) in [6, 6.07) is 5.92. The van der Waals surface area contributed by atoms with Gasteiger partial charge in [-0.1, -0.05) is 6.92 Å². The maximum absolute atomic E-state index is 12.7. The van der Waals surface area contributed by atoms with E-state index < -0.39 is 16.9 Å². The quantitative estimate of drug-likeness (QED) is 0.247. The number of hydrogen-bond donors (Lipinski definition) is 2. The van der Waals surface area contributed by atoms with Crippen molar-refractivity contribution in [1.29, 1.82) is 0 Å². The molecule has 1 saturated heterocycles. The zero-order valence-corrected chi connectivity index (χ0v) is 18.7. The molecule has 2 amide bonds. The number of thioether (sulfide) groups is 1. The maximum atomic E-state index is 12.7. The summed E-state index contributed by atoms with van der Waals surface area (Å²) in [5.41, 5.74) is 1.14. The number of aliphatic hydroxyl groups excluding tert-OH is 1. The second-order valence-electron chi connectivity index (χ2n) is 7.16. The van der Waals surface area contributed by atoms with Gasteiger partial charge in [-0.25, -0.2) is 0 Å². The van der Waals surface area contributed by atoms with Crippen molar-refractivity contribution in [3.05, 3.63) is 50.5 Å². The average Bonchev–Trinajstić information content (AvgIpc) is 3.10. The highest BCUT2D eigenvalue weighted by Crippen LogP contribution is 2.52. The van der Waals surface area contributed by atoms with Gasteiger partial charge in [0.1, 0.15) is 17.7 Å². The second-order valence-corrected chi connectivity index (χ2v) is 8.74. The minimum atomic E-state index is -0.740. The molecule has 1 aromatic rings.